The summed E-state index contributed by atoms with van der Waals surface area (Å²) in [6, 6.07) is 11.3. The highest BCUT2D eigenvalue weighted by atomic mass is 127. The predicted molar refractivity (Wildman–Crippen MR) is 105 cm³/mol. The standard InChI is InChI=1S/C16H9BrIN3O4/c17-11-5-10-6-14(25-15(10)13(18)7-11)16(22)20-19-8-9-2-1-3-12(4-9)21(23)24/h1-8H,(H,20,22)/b19-8-. The van der Waals surface area contributed by atoms with Gasteiger partial charge < -0.3 is 4.42 Å². The zero-order chi connectivity index (χ0) is 18.0. The van der Waals surface area contributed by atoms with E-state index in [-0.39, 0.29) is 11.4 Å². The van der Waals surface area contributed by atoms with Gasteiger partial charge in [0, 0.05) is 27.6 Å². The van der Waals surface area contributed by atoms with Gasteiger partial charge in [0.2, 0.25) is 0 Å². The van der Waals surface area contributed by atoms with Gasteiger partial charge >= 0.3 is 5.91 Å². The fourth-order valence-corrected chi connectivity index (χ4v) is 3.79. The number of hydrogen-bond donors (Lipinski definition) is 1. The van der Waals surface area contributed by atoms with Gasteiger partial charge in [-0.15, -0.1) is 0 Å². The highest BCUT2D eigenvalue weighted by Gasteiger charge is 2.14. The Labute approximate surface area is 163 Å². The van der Waals surface area contributed by atoms with Gasteiger partial charge in [-0.2, -0.15) is 5.10 Å². The van der Waals surface area contributed by atoms with Crippen LogP contribution in [0.3, 0.4) is 0 Å². The third kappa shape index (κ3) is 4.04. The SMILES string of the molecule is O=C(N/N=C\c1cccc([N+](=O)[O-])c1)c1cc2cc(Br)cc(I)c2o1. The summed E-state index contributed by atoms with van der Waals surface area (Å²) in [6.07, 6.45) is 1.33. The maximum atomic E-state index is 12.1. The van der Waals surface area contributed by atoms with Gasteiger partial charge in [-0.25, -0.2) is 5.43 Å². The molecule has 0 fully saturated rings. The summed E-state index contributed by atoms with van der Waals surface area (Å²) in [4.78, 5) is 22.4. The Hall–Kier alpha value is -2.27. The second kappa shape index (κ2) is 7.31. The normalized spacial score (nSPS) is 11.1. The van der Waals surface area contributed by atoms with Crippen LogP contribution in [-0.4, -0.2) is 17.0 Å². The number of amides is 1. The van der Waals surface area contributed by atoms with E-state index < -0.39 is 10.8 Å². The van der Waals surface area contributed by atoms with Crippen LogP contribution in [0.1, 0.15) is 16.1 Å². The van der Waals surface area contributed by atoms with Crippen LogP contribution in [0.15, 0.2) is 56.5 Å². The first kappa shape index (κ1) is 17.5. The summed E-state index contributed by atoms with van der Waals surface area (Å²) in [5, 5.41) is 15.3. The van der Waals surface area contributed by atoms with Gasteiger partial charge in [0.05, 0.1) is 14.7 Å². The first-order valence-electron chi connectivity index (χ1n) is 6.90. The zero-order valence-corrected chi connectivity index (χ0v) is 16.1. The quantitative estimate of drug-likeness (QED) is 0.241. The number of furan rings is 1. The third-order valence-corrected chi connectivity index (χ3v) is 4.48. The maximum Gasteiger partial charge on any atom is 0.307 e. The van der Waals surface area contributed by atoms with E-state index in [4.69, 9.17) is 4.42 Å². The number of halogens is 2. The maximum absolute atomic E-state index is 12.1. The Bertz CT molecular complexity index is 1020. The second-order valence-electron chi connectivity index (χ2n) is 4.97. The molecule has 1 aromatic heterocycles. The summed E-state index contributed by atoms with van der Waals surface area (Å²) in [7, 11) is 0. The number of nitro benzene ring substituents is 1. The molecular formula is C16H9BrIN3O4. The number of rotatable bonds is 4. The van der Waals surface area contributed by atoms with Crippen molar-refractivity contribution in [3.8, 4) is 0 Å². The summed E-state index contributed by atoms with van der Waals surface area (Å²) >= 11 is 5.52. The Balaban J connectivity index is 1.75. The number of carbonyl (C=O) groups is 1. The first-order valence-corrected chi connectivity index (χ1v) is 8.77. The van der Waals surface area contributed by atoms with Crippen molar-refractivity contribution in [3.05, 3.63) is 71.9 Å². The molecule has 3 aromatic rings. The lowest BCUT2D eigenvalue weighted by molar-refractivity contribution is -0.384. The molecule has 0 aliphatic rings. The minimum absolute atomic E-state index is 0.0484. The lowest BCUT2D eigenvalue weighted by atomic mass is 10.2. The summed E-state index contributed by atoms with van der Waals surface area (Å²) in [5.41, 5.74) is 3.42. The van der Waals surface area contributed by atoms with Crippen molar-refractivity contribution in [2.45, 2.75) is 0 Å². The van der Waals surface area contributed by atoms with E-state index in [1.165, 1.54) is 18.3 Å². The van der Waals surface area contributed by atoms with Crippen molar-refractivity contribution < 1.29 is 14.1 Å². The van der Waals surface area contributed by atoms with Crippen molar-refractivity contribution >= 4 is 67.3 Å². The van der Waals surface area contributed by atoms with Crippen LogP contribution in [0.2, 0.25) is 0 Å². The fourth-order valence-electron chi connectivity index (χ4n) is 2.13. The lowest BCUT2D eigenvalue weighted by Crippen LogP contribution is -2.16. The number of benzene rings is 2. The highest BCUT2D eigenvalue weighted by Crippen LogP contribution is 2.28. The second-order valence-corrected chi connectivity index (χ2v) is 7.05. The van der Waals surface area contributed by atoms with Gasteiger partial charge in [0.1, 0.15) is 5.58 Å². The van der Waals surface area contributed by atoms with E-state index in [1.54, 1.807) is 18.2 Å². The number of nitro groups is 1. The third-order valence-electron chi connectivity index (χ3n) is 3.22. The summed E-state index contributed by atoms with van der Waals surface area (Å²) in [6.45, 7) is 0. The van der Waals surface area contributed by atoms with Crippen LogP contribution >= 0.6 is 38.5 Å². The molecule has 2 aromatic carbocycles. The Kier molecular flexibility index (Phi) is 5.13. The van der Waals surface area contributed by atoms with Gasteiger partial charge in [-0.3, -0.25) is 14.9 Å². The van der Waals surface area contributed by atoms with E-state index in [1.807, 2.05) is 12.1 Å². The molecule has 9 heteroatoms. The Morgan fingerprint density at radius 1 is 1.32 bits per heavy atom. The number of nitrogens with one attached hydrogen (secondary N) is 1. The molecule has 0 saturated carbocycles. The van der Waals surface area contributed by atoms with Gasteiger partial charge in [-0.1, -0.05) is 28.1 Å². The average molecular weight is 514 g/mol. The Morgan fingerprint density at radius 2 is 2.12 bits per heavy atom. The minimum Gasteiger partial charge on any atom is -0.450 e. The molecule has 0 saturated heterocycles. The van der Waals surface area contributed by atoms with E-state index in [0.29, 0.717) is 11.1 Å². The van der Waals surface area contributed by atoms with Gasteiger partial charge in [0.25, 0.3) is 5.69 Å². The highest BCUT2D eigenvalue weighted by molar-refractivity contribution is 14.1. The van der Waals surface area contributed by atoms with E-state index in [2.05, 4.69) is 49.0 Å². The van der Waals surface area contributed by atoms with Crippen LogP contribution < -0.4 is 5.43 Å². The first-order chi connectivity index (χ1) is 11.9. The number of non-ortho nitro benzene ring substituents is 1. The molecule has 1 N–H and O–H groups in total. The van der Waals surface area contributed by atoms with E-state index in [9.17, 15) is 14.9 Å². The summed E-state index contributed by atoms with van der Waals surface area (Å²) in [5.74, 6) is -0.382. The molecule has 0 aliphatic carbocycles. The smallest absolute Gasteiger partial charge is 0.307 e. The van der Waals surface area contributed by atoms with E-state index >= 15 is 0 Å². The molecule has 0 radical (unpaired) electrons. The monoisotopic (exact) mass is 513 g/mol. The van der Waals surface area contributed by atoms with Crippen molar-refractivity contribution in [2.24, 2.45) is 5.10 Å². The molecule has 3 rings (SSSR count). The molecule has 0 atom stereocenters. The number of fused-ring (bicyclic) bond motifs is 1. The van der Waals surface area contributed by atoms with Crippen LogP contribution in [0, 0.1) is 13.7 Å². The molecule has 1 amide bonds. The number of nitrogens with zero attached hydrogens (tertiary/aromatic N) is 2. The minimum atomic E-state index is -0.509. The Morgan fingerprint density at radius 3 is 2.88 bits per heavy atom. The molecule has 0 unspecified atom stereocenters. The molecule has 0 spiro atoms. The molecule has 0 bridgehead atoms. The van der Waals surface area contributed by atoms with Crippen LogP contribution in [0.25, 0.3) is 11.0 Å². The largest absolute Gasteiger partial charge is 0.450 e. The van der Waals surface area contributed by atoms with Gasteiger partial charge in [0.15, 0.2) is 5.76 Å². The van der Waals surface area contributed by atoms with Crippen molar-refractivity contribution in [1.82, 2.24) is 5.43 Å². The molecule has 1 heterocycles. The topological polar surface area (TPSA) is 97.7 Å². The molecule has 25 heavy (non-hydrogen) atoms. The van der Waals surface area contributed by atoms with Crippen molar-refractivity contribution in [2.75, 3.05) is 0 Å². The fraction of sp³-hybridized carbons (Fsp3) is 0. The predicted octanol–water partition coefficient (Wildman–Crippen LogP) is 4.47. The van der Waals surface area contributed by atoms with Crippen molar-refractivity contribution in [1.29, 1.82) is 0 Å². The number of carbonyl (C=O) groups excluding carboxylic acids is 1. The molecule has 126 valence electrons. The zero-order valence-electron chi connectivity index (χ0n) is 12.4. The number of hydrazone groups is 1. The molecular weight excluding hydrogens is 505 g/mol. The van der Waals surface area contributed by atoms with Crippen LogP contribution in [0.5, 0.6) is 0 Å². The molecule has 7 nitrogen and oxygen atoms in total. The average Bonchev–Trinajstić information content (AvgIpc) is 2.99. The van der Waals surface area contributed by atoms with Crippen LogP contribution in [-0.2, 0) is 0 Å². The van der Waals surface area contributed by atoms with Crippen molar-refractivity contribution in [3.63, 3.8) is 0 Å². The molecule has 0 aliphatic heterocycles. The number of hydrogen-bond acceptors (Lipinski definition) is 5. The van der Waals surface area contributed by atoms with Gasteiger partial charge in [-0.05, 0) is 40.8 Å². The van der Waals surface area contributed by atoms with Crippen LogP contribution in [0.4, 0.5) is 5.69 Å². The summed E-state index contributed by atoms with van der Waals surface area (Å²) < 4.78 is 7.33. The van der Waals surface area contributed by atoms with E-state index in [0.717, 1.165) is 13.4 Å². The lowest BCUT2D eigenvalue weighted by Gasteiger charge is -1.96.